The van der Waals surface area contributed by atoms with Gasteiger partial charge in [0, 0.05) is 23.9 Å². The number of benzene rings is 1. The van der Waals surface area contributed by atoms with Crippen molar-refractivity contribution in [3.8, 4) is 0 Å². The number of thioether (sulfide) groups is 1. The minimum atomic E-state index is 0.446. The molecule has 0 saturated carbocycles. The van der Waals surface area contributed by atoms with Crippen LogP contribution in [0.1, 0.15) is 29.7 Å². The highest BCUT2D eigenvalue weighted by molar-refractivity contribution is 7.99. The predicted molar refractivity (Wildman–Crippen MR) is 75.3 cm³/mol. The molecular weight excluding hydrogens is 258 g/mol. The van der Waals surface area contributed by atoms with E-state index in [4.69, 9.17) is 4.52 Å². The average Bonchev–Trinajstić information content (AvgIpc) is 2.85. The van der Waals surface area contributed by atoms with Gasteiger partial charge in [0.15, 0.2) is 5.82 Å². The van der Waals surface area contributed by atoms with Crippen LogP contribution in [0.5, 0.6) is 0 Å². The minimum absolute atomic E-state index is 0.446. The van der Waals surface area contributed by atoms with Crippen LogP contribution in [0.25, 0.3) is 0 Å². The number of nitrogens with one attached hydrogen (secondary N) is 1. The summed E-state index contributed by atoms with van der Waals surface area (Å²) in [4.78, 5) is 5.62. The van der Waals surface area contributed by atoms with Crippen molar-refractivity contribution in [1.82, 2.24) is 15.5 Å². The number of fused-ring (bicyclic) bond motifs is 1. The molecule has 4 nitrogen and oxygen atoms in total. The molecule has 2 heterocycles. The van der Waals surface area contributed by atoms with Crippen LogP contribution in [-0.4, -0.2) is 22.4 Å². The van der Waals surface area contributed by atoms with Gasteiger partial charge in [0.1, 0.15) is 0 Å². The lowest BCUT2D eigenvalue weighted by Crippen LogP contribution is -2.26. The largest absolute Gasteiger partial charge is 0.339 e. The van der Waals surface area contributed by atoms with E-state index in [1.165, 1.54) is 22.6 Å². The van der Waals surface area contributed by atoms with E-state index in [2.05, 4.69) is 39.7 Å². The van der Waals surface area contributed by atoms with Crippen LogP contribution in [-0.2, 0) is 6.42 Å². The molecule has 2 aromatic rings. The number of aromatic nitrogens is 2. The fourth-order valence-corrected chi connectivity index (χ4v) is 3.47. The zero-order valence-corrected chi connectivity index (χ0v) is 11.7. The summed E-state index contributed by atoms with van der Waals surface area (Å²) in [5.41, 5.74) is 1.42. The van der Waals surface area contributed by atoms with E-state index in [9.17, 15) is 0 Å². The SMILES string of the molecule is Cc1noc(CCN[C@@H]2CCSc3ccccc32)n1. The van der Waals surface area contributed by atoms with Crippen molar-refractivity contribution in [2.75, 3.05) is 12.3 Å². The van der Waals surface area contributed by atoms with Gasteiger partial charge in [-0.3, -0.25) is 0 Å². The molecule has 0 fully saturated rings. The third kappa shape index (κ3) is 2.98. The lowest BCUT2D eigenvalue weighted by molar-refractivity contribution is 0.368. The highest BCUT2D eigenvalue weighted by Crippen LogP contribution is 2.35. The first kappa shape index (κ1) is 12.7. The topological polar surface area (TPSA) is 51.0 Å². The van der Waals surface area contributed by atoms with Gasteiger partial charge in [-0.05, 0) is 30.7 Å². The molecule has 1 aliphatic rings. The molecular formula is C14H17N3OS. The first-order chi connectivity index (χ1) is 9.33. The lowest BCUT2D eigenvalue weighted by Gasteiger charge is -2.25. The van der Waals surface area contributed by atoms with Crippen LogP contribution in [0.3, 0.4) is 0 Å². The highest BCUT2D eigenvalue weighted by Gasteiger charge is 2.19. The monoisotopic (exact) mass is 275 g/mol. The Balaban J connectivity index is 1.59. The van der Waals surface area contributed by atoms with E-state index in [0.29, 0.717) is 17.8 Å². The van der Waals surface area contributed by atoms with E-state index < -0.39 is 0 Å². The number of aryl methyl sites for hydroxylation is 1. The second-order valence-corrected chi connectivity index (χ2v) is 5.80. The fourth-order valence-electron chi connectivity index (χ4n) is 2.35. The van der Waals surface area contributed by atoms with Gasteiger partial charge in [-0.15, -0.1) is 11.8 Å². The van der Waals surface area contributed by atoms with Crippen molar-refractivity contribution in [3.05, 3.63) is 41.5 Å². The van der Waals surface area contributed by atoms with Gasteiger partial charge < -0.3 is 9.84 Å². The van der Waals surface area contributed by atoms with Gasteiger partial charge in [-0.1, -0.05) is 23.4 Å². The average molecular weight is 275 g/mol. The highest BCUT2D eigenvalue weighted by atomic mass is 32.2. The zero-order valence-electron chi connectivity index (χ0n) is 10.9. The Labute approximate surface area is 117 Å². The van der Waals surface area contributed by atoms with Crippen molar-refractivity contribution in [2.24, 2.45) is 0 Å². The summed E-state index contributed by atoms with van der Waals surface area (Å²) in [6, 6.07) is 9.09. The molecule has 0 unspecified atom stereocenters. The Bertz CT molecular complexity index is 555. The van der Waals surface area contributed by atoms with Crippen LogP contribution in [0.4, 0.5) is 0 Å². The summed E-state index contributed by atoms with van der Waals surface area (Å²) in [5.74, 6) is 2.59. The van der Waals surface area contributed by atoms with Gasteiger partial charge in [0.2, 0.25) is 5.89 Å². The quantitative estimate of drug-likeness (QED) is 0.929. The van der Waals surface area contributed by atoms with Crippen molar-refractivity contribution >= 4 is 11.8 Å². The van der Waals surface area contributed by atoms with Gasteiger partial charge in [-0.2, -0.15) is 4.98 Å². The van der Waals surface area contributed by atoms with Crippen LogP contribution in [0.15, 0.2) is 33.7 Å². The van der Waals surface area contributed by atoms with E-state index >= 15 is 0 Å². The second-order valence-electron chi connectivity index (χ2n) is 4.67. The molecule has 0 spiro atoms. The number of hydrogen-bond donors (Lipinski definition) is 1. The third-order valence-electron chi connectivity index (χ3n) is 3.26. The molecule has 0 radical (unpaired) electrons. The van der Waals surface area contributed by atoms with Crippen molar-refractivity contribution < 1.29 is 4.52 Å². The lowest BCUT2D eigenvalue weighted by atomic mass is 10.0. The number of rotatable bonds is 4. The summed E-state index contributed by atoms with van der Waals surface area (Å²) in [7, 11) is 0. The molecule has 1 N–H and O–H groups in total. The molecule has 3 rings (SSSR count). The molecule has 1 aromatic carbocycles. The molecule has 0 amide bonds. The summed E-state index contributed by atoms with van der Waals surface area (Å²) < 4.78 is 5.12. The molecule has 0 bridgehead atoms. The maximum atomic E-state index is 5.12. The zero-order chi connectivity index (χ0) is 13.1. The Kier molecular flexibility index (Phi) is 3.84. The van der Waals surface area contributed by atoms with Crippen LogP contribution in [0.2, 0.25) is 0 Å². The molecule has 5 heteroatoms. The van der Waals surface area contributed by atoms with E-state index in [1.54, 1.807) is 0 Å². The number of nitrogens with zero attached hydrogens (tertiary/aromatic N) is 2. The molecule has 1 aliphatic heterocycles. The summed E-state index contributed by atoms with van der Waals surface area (Å²) >= 11 is 1.94. The van der Waals surface area contributed by atoms with Gasteiger partial charge in [0.25, 0.3) is 0 Å². The molecule has 0 aliphatic carbocycles. The minimum Gasteiger partial charge on any atom is -0.339 e. The number of hydrogen-bond acceptors (Lipinski definition) is 5. The summed E-state index contributed by atoms with van der Waals surface area (Å²) in [5, 5.41) is 7.40. The van der Waals surface area contributed by atoms with Gasteiger partial charge >= 0.3 is 0 Å². The fraction of sp³-hybridized carbons (Fsp3) is 0.429. The summed E-state index contributed by atoms with van der Waals surface area (Å²) in [6.45, 7) is 2.71. The van der Waals surface area contributed by atoms with E-state index in [1.807, 2.05) is 18.7 Å². The van der Waals surface area contributed by atoms with Gasteiger partial charge in [0.05, 0.1) is 0 Å². The molecule has 1 atom stereocenters. The Morgan fingerprint density at radius 2 is 2.32 bits per heavy atom. The molecule has 0 saturated heterocycles. The predicted octanol–water partition coefficient (Wildman–Crippen LogP) is 2.75. The van der Waals surface area contributed by atoms with Crippen LogP contribution < -0.4 is 5.32 Å². The van der Waals surface area contributed by atoms with E-state index in [0.717, 1.165) is 13.0 Å². The third-order valence-corrected chi connectivity index (χ3v) is 4.38. The Morgan fingerprint density at radius 3 is 3.16 bits per heavy atom. The summed E-state index contributed by atoms with van der Waals surface area (Å²) in [6.07, 6.45) is 1.96. The van der Waals surface area contributed by atoms with E-state index in [-0.39, 0.29) is 0 Å². The van der Waals surface area contributed by atoms with Crippen molar-refractivity contribution in [3.63, 3.8) is 0 Å². The van der Waals surface area contributed by atoms with Crippen molar-refractivity contribution in [1.29, 1.82) is 0 Å². The first-order valence-electron chi connectivity index (χ1n) is 6.57. The van der Waals surface area contributed by atoms with Gasteiger partial charge in [-0.25, -0.2) is 0 Å². The Morgan fingerprint density at radius 1 is 1.42 bits per heavy atom. The maximum Gasteiger partial charge on any atom is 0.227 e. The molecule has 19 heavy (non-hydrogen) atoms. The van der Waals surface area contributed by atoms with Crippen LogP contribution >= 0.6 is 11.8 Å². The standard InChI is InChI=1S/C14H17N3OS/c1-10-16-14(18-17-10)6-8-15-12-7-9-19-13-5-3-2-4-11(12)13/h2-5,12,15H,6-9H2,1H3/t12-/m1/s1. The maximum absolute atomic E-state index is 5.12. The smallest absolute Gasteiger partial charge is 0.227 e. The van der Waals surface area contributed by atoms with Crippen LogP contribution in [0, 0.1) is 6.92 Å². The molecule has 1 aromatic heterocycles. The first-order valence-corrected chi connectivity index (χ1v) is 7.56. The molecule has 100 valence electrons. The normalized spacial score (nSPS) is 18.3. The second kappa shape index (κ2) is 5.75. The van der Waals surface area contributed by atoms with Crippen molar-refractivity contribution in [2.45, 2.75) is 30.7 Å². The Hall–Kier alpha value is -1.33.